The average molecular weight is 529 g/mol. The van der Waals surface area contributed by atoms with Gasteiger partial charge in [-0.3, -0.25) is 0 Å². The minimum absolute atomic E-state index is 0.866. The van der Waals surface area contributed by atoms with Crippen molar-refractivity contribution in [3.63, 3.8) is 0 Å². The molecule has 0 bridgehead atoms. The zero-order chi connectivity index (χ0) is 26.7. The maximum absolute atomic E-state index is 15.9. The van der Waals surface area contributed by atoms with Crippen LogP contribution < -0.4 is 10.6 Å². The minimum Gasteiger partial charge on any atom is -0.309 e. The zero-order valence-electron chi connectivity index (χ0n) is 21.8. The third-order valence-corrected chi connectivity index (χ3v) is 11.4. The van der Waals surface area contributed by atoms with Gasteiger partial charge in [0.15, 0.2) is 7.14 Å². The SMILES string of the molecule is O=[P@@]1(c2ccccc2)C(c2ccccc2)=C(c2ccccc2)c2cc3c4ccccc4c4ccccc4c3cc21. The molecular weight excluding hydrogens is 503 g/mol. The largest absolute Gasteiger partial charge is 0.309 e. The van der Waals surface area contributed by atoms with Crippen LogP contribution in [0.2, 0.25) is 0 Å². The molecule has 0 spiro atoms. The molecule has 2 heteroatoms. The van der Waals surface area contributed by atoms with Gasteiger partial charge in [-0.25, -0.2) is 0 Å². The maximum Gasteiger partial charge on any atom is 0.172 e. The Morgan fingerprint density at radius 3 is 1.38 bits per heavy atom. The molecule has 8 rings (SSSR count). The summed E-state index contributed by atoms with van der Waals surface area (Å²) < 4.78 is 15.9. The van der Waals surface area contributed by atoms with Crippen molar-refractivity contribution in [1.82, 2.24) is 0 Å². The Morgan fingerprint density at radius 2 is 0.825 bits per heavy atom. The molecular formula is C38H25OP. The van der Waals surface area contributed by atoms with E-state index >= 15 is 4.57 Å². The van der Waals surface area contributed by atoms with Crippen LogP contribution in [-0.2, 0) is 4.57 Å². The molecule has 188 valence electrons. The standard InChI is InChI=1S/C38H25OP/c39-40(28-18-8-3-9-19-28)36-25-34-32-23-13-11-21-30(32)29-20-10-12-22-31(29)33(34)24-35(36)37(26-14-4-1-5-15-26)38(40)27-16-6-2-7-17-27/h1-25H/t40-/m1/s1. The van der Waals surface area contributed by atoms with Gasteiger partial charge in [0.1, 0.15) is 0 Å². The van der Waals surface area contributed by atoms with E-state index in [4.69, 9.17) is 0 Å². The van der Waals surface area contributed by atoms with Crippen LogP contribution in [0.4, 0.5) is 0 Å². The molecule has 0 amide bonds. The lowest BCUT2D eigenvalue weighted by molar-refractivity contribution is 0.593. The maximum atomic E-state index is 15.9. The van der Waals surface area contributed by atoms with Crippen molar-refractivity contribution in [2.24, 2.45) is 0 Å². The van der Waals surface area contributed by atoms with E-state index in [0.717, 1.165) is 43.6 Å². The predicted molar refractivity (Wildman–Crippen MR) is 171 cm³/mol. The van der Waals surface area contributed by atoms with Crippen LogP contribution in [0.15, 0.2) is 152 Å². The summed E-state index contributed by atoms with van der Waals surface area (Å²) in [5.74, 6) is 0. The van der Waals surface area contributed by atoms with E-state index in [1.165, 1.54) is 26.9 Å². The number of rotatable bonds is 3. The van der Waals surface area contributed by atoms with Gasteiger partial charge >= 0.3 is 0 Å². The van der Waals surface area contributed by atoms with E-state index in [-0.39, 0.29) is 0 Å². The molecule has 0 aliphatic carbocycles. The van der Waals surface area contributed by atoms with Crippen molar-refractivity contribution in [3.05, 3.63) is 168 Å². The van der Waals surface area contributed by atoms with Gasteiger partial charge in [0, 0.05) is 21.5 Å². The second-order valence-electron chi connectivity index (χ2n) is 10.4. The topological polar surface area (TPSA) is 17.1 Å². The molecule has 1 aliphatic rings. The van der Waals surface area contributed by atoms with Crippen molar-refractivity contribution in [3.8, 4) is 0 Å². The van der Waals surface area contributed by atoms with E-state index in [1.807, 2.05) is 54.6 Å². The Labute approximate surface area is 233 Å². The van der Waals surface area contributed by atoms with Gasteiger partial charge < -0.3 is 4.57 Å². The van der Waals surface area contributed by atoms with Crippen LogP contribution in [0.3, 0.4) is 0 Å². The lowest BCUT2D eigenvalue weighted by Crippen LogP contribution is -2.15. The van der Waals surface area contributed by atoms with Crippen LogP contribution in [0.1, 0.15) is 16.7 Å². The highest BCUT2D eigenvalue weighted by Gasteiger charge is 2.43. The predicted octanol–water partition coefficient (Wildman–Crippen LogP) is 9.39. The van der Waals surface area contributed by atoms with Crippen molar-refractivity contribution < 1.29 is 4.57 Å². The molecule has 0 fully saturated rings. The molecule has 0 N–H and O–H groups in total. The summed E-state index contributed by atoms with van der Waals surface area (Å²) in [5.41, 5.74) is 4.21. The van der Waals surface area contributed by atoms with Gasteiger partial charge in [0.05, 0.1) is 0 Å². The molecule has 1 atom stereocenters. The molecule has 0 unspecified atom stereocenters. The van der Waals surface area contributed by atoms with E-state index in [9.17, 15) is 0 Å². The smallest absolute Gasteiger partial charge is 0.172 e. The van der Waals surface area contributed by atoms with Gasteiger partial charge in [-0.2, -0.15) is 0 Å². The second-order valence-corrected chi connectivity index (χ2v) is 13.1. The Kier molecular flexibility index (Phi) is 5.17. The molecule has 40 heavy (non-hydrogen) atoms. The highest BCUT2D eigenvalue weighted by atomic mass is 31.2. The molecule has 0 aromatic heterocycles. The monoisotopic (exact) mass is 528 g/mol. The highest BCUT2D eigenvalue weighted by Crippen LogP contribution is 2.65. The molecule has 0 radical (unpaired) electrons. The number of hydrogen-bond acceptors (Lipinski definition) is 1. The first-order valence-electron chi connectivity index (χ1n) is 13.6. The van der Waals surface area contributed by atoms with Crippen molar-refractivity contribution in [2.75, 3.05) is 0 Å². The minimum atomic E-state index is -3.23. The molecule has 1 aliphatic heterocycles. The summed E-state index contributed by atoms with van der Waals surface area (Å²) in [6.45, 7) is 0. The van der Waals surface area contributed by atoms with E-state index in [2.05, 4.69) is 97.1 Å². The Morgan fingerprint density at radius 1 is 0.400 bits per heavy atom. The van der Waals surface area contributed by atoms with E-state index in [1.54, 1.807) is 0 Å². The fraction of sp³-hybridized carbons (Fsp3) is 0. The lowest BCUT2D eigenvalue weighted by atomic mass is 9.90. The van der Waals surface area contributed by atoms with Crippen molar-refractivity contribution >= 4 is 61.0 Å². The summed E-state index contributed by atoms with van der Waals surface area (Å²) in [4.78, 5) is 0. The third kappa shape index (κ3) is 3.25. The highest BCUT2D eigenvalue weighted by molar-refractivity contribution is 7.88. The first kappa shape index (κ1) is 23.2. The Hall–Kier alpha value is -4.71. The van der Waals surface area contributed by atoms with E-state index in [0.29, 0.717) is 0 Å². The summed E-state index contributed by atoms with van der Waals surface area (Å²) in [6, 6.07) is 52.6. The Bertz CT molecular complexity index is 2160. The van der Waals surface area contributed by atoms with E-state index < -0.39 is 7.14 Å². The molecule has 7 aromatic rings. The van der Waals surface area contributed by atoms with Crippen molar-refractivity contribution in [1.29, 1.82) is 0 Å². The molecule has 1 nitrogen and oxygen atoms in total. The lowest BCUT2D eigenvalue weighted by Gasteiger charge is -2.20. The first-order chi connectivity index (χ1) is 19.7. The quantitative estimate of drug-likeness (QED) is 0.165. The summed E-state index contributed by atoms with van der Waals surface area (Å²) >= 11 is 0. The first-order valence-corrected chi connectivity index (χ1v) is 15.4. The summed E-state index contributed by atoms with van der Waals surface area (Å²) in [7, 11) is -3.23. The fourth-order valence-corrected chi connectivity index (χ4v) is 9.80. The average Bonchev–Trinajstić information content (AvgIpc) is 3.30. The number of hydrogen-bond donors (Lipinski definition) is 0. The van der Waals surface area contributed by atoms with Gasteiger partial charge in [-0.1, -0.05) is 140 Å². The van der Waals surface area contributed by atoms with Gasteiger partial charge in [0.25, 0.3) is 0 Å². The fourth-order valence-electron chi connectivity index (χ4n) is 6.53. The van der Waals surface area contributed by atoms with Crippen LogP contribution in [0.5, 0.6) is 0 Å². The molecule has 0 saturated carbocycles. The van der Waals surface area contributed by atoms with Crippen LogP contribution in [0.25, 0.3) is 43.2 Å². The normalized spacial score (nSPS) is 16.6. The van der Waals surface area contributed by atoms with Crippen molar-refractivity contribution in [2.45, 2.75) is 0 Å². The summed E-state index contributed by atoms with van der Waals surface area (Å²) in [5, 5.41) is 9.91. The molecule has 0 saturated heterocycles. The second kappa shape index (κ2) is 8.91. The molecule has 1 heterocycles. The third-order valence-electron chi connectivity index (χ3n) is 8.25. The van der Waals surface area contributed by atoms with Gasteiger partial charge in [-0.15, -0.1) is 0 Å². The number of fused-ring (bicyclic) bond motifs is 7. The van der Waals surface area contributed by atoms with Crippen LogP contribution in [-0.4, -0.2) is 0 Å². The van der Waals surface area contributed by atoms with Gasteiger partial charge in [0.2, 0.25) is 0 Å². The zero-order valence-corrected chi connectivity index (χ0v) is 22.7. The van der Waals surface area contributed by atoms with Gasteiger partial charge in [-0.05, 0) is 61.1 Å². The van der Waals surface area contributed by atoms with Crippen LogP contribution in [0, 0.1) is 0 Å². The summed E-state index contributed by atoms with van der Waals surface area (Å²) in [6.07, 6.45) is 0. The number of benzene rings is 7. The molecule has 7 aromatic carbocycles. The Balaban J connectivity index is 1.60. The van der Waals surface area contributed by atoms with Crippen LogP contribution >= 0.6 is 7.14 Å².